The molecule has 0 spiro atoms. The van der Waals surface area contributed by atoms with Crippen LogP contribution in [0.4, 0.5) is 0 Å². The molecule has 1 aromatic carbocycles. The van der Waals surface area contributed by atoms with E-state index in [1.54, 1.807) is 6.08 Å². The van der Waals surface area contributed by atoms with Gasteiger partial charge in [0.1, 0.15) is 18.1 Å². The molecular weight excluding hydrogens is 452 g/mol. The van der Waals surface area contributed by atoms with E-state index in [-0.39, 0.29) is 22.4 Å². The molecule has 0 saturated carbocycles. The molecule has 0 amide bonds. The predicted molar refractivity (Wildman–Crippen MR) is 141 cm³/mol. The van der Waals surface area contributed by atoms with E-state index in [0.29, 0.717) is 79.5 Å². The van der Waals surface area contributed by atoms with Crippen LogP contribution in [0.5, 0.6) is 11.5 Å². The third kappa shape index (κ3) is 4.93. The van der Waals surface area contributed by atoms with Gasteiger partial charge in [-0.15, -0.1) is 6.58 Å². The van der Waals surface area contributed by atoms with Gasteiger partial charge in [-0.2, -0.15) is 0 Å². The first kappa shape index (κ1) is 26.0. The standard InChI is InChI=1S/C31H38O5/c1-8-11-19-13-20(14-23(34-10-3)29(19)35-12-9-2)26-27-21(32)15-30(4,5)17-24(27)36-25-18-31(6,7)16-22(33)28(25)26/h8-9,13-14,26H,1-2,10-12,15-18H2,3-7H3. The molecule has 0 N–H and O–H groups in total. The monoisotopic (exact) mass is 490 g/mol. The Morgan fingerprint density at radius 1 is 0.917 bits per heavy atom. The number of hydrogen-bond acceptors (Lipinski definition) is 5. The van der Waals surface area contributed by atoms with Gasteiger partial charge in [-0.05, 0) is 35.8 Å². The normalized spacial score (nSPS) is 20.9. The molecule has 0 aromatic heterocycles. The lowest BCUT2D eigenvalue weighted by atomic mass is 9.65. The summed E-state index contributed by atoms with van der Waals surface area (Å²) in [7, 11) is 0. The highest BCUT2D eigenvalue weighted by Gasteiger charge is 2.48. The van der Waals surface area contributed by atoms with E-state index < -0.39 is 5.92 Å². The molecule has 1 aromatic rings. The predicted octanol–water partition coefficient (Wildman–Crippen LogP) is 6.78. The Morgan fingerprint density at radius 2 is 1.50 bits per heavy atom. The lowest BCUT2D eigenvalue weighted by Gasteiger charge is -2.42. The second-order valence-electron chi connectivity index (χ2n) is 11.6. The number of ketones is 2. The highest BCUT2D eigenvalue weighted by molar-refractivity contribution is 6.06. The summed E-state index contributed by atoms with van der Waals surface area (Å²) in [5.41, 5.74) is 2.60. The maximum Gasteiger partial charge on any atom is 0.165 e. The van der Waals surface area contributed by atoms with Crippen molar-refractivity contribution in [1.82, 2.24) is 0 Å². The van der Waals surface area contributed by atoms with Gasteiger partial charge in [0.2, 0.25) is 0 Å². The Morgan fingerprint density at radius 3 is 2.00 bits per heavy atom. The van der Waals surface area contributed by atoms with Gasteiger partial charge in [0.25, 0.3) is 0 Å². The molecule has 0 saturated heterocycles. The minimum Gasteiger partial charge on any atom is -0.490 e. The highest BCUT2D eigenvalue weighted by Crippen LogP contribution is 2.54. The van der Waals surface area contributed by atoms with Crippen LogP contribution in [0.15, 0.2) is 60.1 Å². The Kier molecular flexibility index (Phi) is 7.05. The van der Waals surface area contributed by atoms with Crippen molar-refractivity contribution in [2.45, 2.75) is 72.6 Å². The van der Waals surface area contributed by atoms with Crippen LogP contribution in [0.25, 0.3) is 0 Å². The fourth-order valence-electron chi connectivity index (χ4n) is 5.73. The van der Waals surface area contributed by atoms with E-state index in [4.69, 9.17) is 14.2 Å². The summed E-state index contributed by atoms with van der Waals surface area (Å²) in [6.45, 7) is 18.8. The molecule has 36 heavy (non-hydrogen) atoms. The molecule has 1 heterocycles. The zero-order valence-corrected chi connectivity index (χ0v) is 22.3. The smallest absolute Gasteiger partial charge is 0.165 e. The van der Waals surface area contributed by atoms with Gasteiger partial charge in [0.05, 0.1) is 6.61 Å². The van der Waals surface area contributed by atoms with Crippen molar-refractivity contribution in [3.05, 3.63) is 71.2 Å². The molecule has 3 aliphatic rings. The summed E-state index contributed by atoms with van der Waals surface area (Å²) in [5, 5.41) is 0. The van der Waals surface area contributed by atoms with Crippen molar-refractivity contribution in [3.63, 3.8) is 0 Å². The zero-order chi connectivity index (χ0) is 26.3. The number of hydrogen-bond donors (Lipinski definition) is 0. The van der Waals surface area contributed by atoms with Crippen LogP contribution in [-0.4, -0.2) is 24.8 Å². The Labute approximate surface area is 214 Å². The highest BCUT2D eigenvalue weighted by atomic mass is 16.5. The summed E-state index contributed by atoms with van der Waals surface area (Å²) >= 11 is 0. The van der Waals surface area contributed by atoms with E-state index in [1.165, 1.54) is 0 Å². The molecule has 0 radical (unpaired) electrons. The fraction of sp³-hybridized carbons (Fsp3) is 0.484. The summed E-state index contributed by atoms with van der Waals surface area (Å²) in [6, 6.07) is 3.97. The maximum absolute atomic E-state index is 13.6. The Bertz CT molecular complexity index is 1130. The van der Waals surface area contributed by atoms with Crippen LogP contribution in [0.2, 0.25) is 0 Å². The lowest BCUT2D eigenvalue weighted by molar-refractivity contribution is -0.120. The third-order valence-corrected chi connectivity index (χ3v) is 7.08. The largest absolute Gasteiger partial charge is 0.490 e. The van der Waals surface area contributed by atoms with Crippen LogP contribution < -0.4 is 9.47 Å². The van der Waals surface area contributed by atoms with Gasteiger partial charge in [-0.1, -0.05) is 52.5 Å². The topological polar surface area (TPSA) is 61.8 Å². The van der Waals surface area contributed by atoms with E-state index >= 15 is 0 Å². The molecule has 0 bridgehead atoms. The minimum atomic E-state index is -0.479. The van der Waals surface area contributed by atoms with Gasteiger partial charge < -0.3 is 14.2 Å². The van der Waals surface area contributed by atoms with Crippen molar-refractivity contribution in [2.75, 3.05) is 13.2 Å². The molecule has 5 nitrogen and oxygen atoms in total. The molecule has 0 atom stereocenters. The Balaban J connectivity index is 1.96. The summed E-state index contributed by atoms with van der Waals surface area (Å²) in [5.74, 6) is 2.27. The third-order valence-electron chi connectivity index (χ3n) is 7.08. The van der Waals surface area contributed by atoms with Crippen molar-refractivity contribution < 1.29 is 23.8 Å². The van der Waals surface area contributed by atoms with Gasteiger partial charge in [0, 0.05) is 48.3 Å². The number of benzene rings is 1. The number of carbonyl (C=O) groups excluding carboxylic acids is 2. The summed E-state index contributed by atoms with van der Waals surface area (Å²) < 4.78 is 18.4. The fourth-order valence-corrected chi connectivity index (χ4v) is 5.73. The number of allylic oxidation sites excluding steroid dienone is 5. The van der Waals surface area contributed by atoms with Crippen LogP contribution in [0.1, 0.15) is 77.3 Å². The molecule has 4 rings (SSSR count). The number of rotatable bonds is 8. The molecule has 1 aliphatic heterocycles. The minimum absolute atomic E-state index is 0.0469. The SMILES string of the molecule is C=CCOc1c(CC=C)cc(C2C3=C(CC(C)(C)CC3=O)OC3=C2C(=O)CC(C)(C)C3)cc1OCC. The first-order valence-electron chi connectivity index (χ1n) is 12.8. The average molecular weight is 491 g/mol. The van der Waals surface area contributed by atoms with Crippen LogP contribution in [0, 0.1) is 10.8 Å². The Hall–Kier alpha value is -3.08. The molecule has 2 aliphatic carbocycles. The quantitative estimate of drug-likeness (QED) is 0.376. The second-order valence-corrected chi connectivity index (χ2v) is 11.6. The van der Waals surface area contributed by atoms with E-state index in [1.807, 2.05) is 25.1 Å². The molecular formula is C31H38O5. The second kappa shape index (κ2) is 9.76. The first-order valence-corrected chi connectivity index (χ1v) is 12.8. The zero-order valence-electron chi connectivity index (χ0n) is 22.3. The summed E-state index contributed by atoms with van der Waals surface area (Å²) in [6.07, 6.45) is 6.24. The molecule has 5 heteroatoms. The summed E-state index contributed by atoms with van der Waals surface area (Å²) in [4.78, 5) is 27.2. The number of carbonyl (C=O) groups is 2. The van der Waals surface area contributed by atoms with Crippen LogP contribution in [-0.2, 0) is 20.7 Å². The molecule has 0 unspecified atom stereocenters. The van der Waals surface area contributed by atoms with Crippen molar-refractivity contribution in [3.8, 4) is 11.5 Å². The van der Waals surface area contributed by atoms with Crippen molar-refractivity contribution in [2.24, 2.45) is 10.8 Å². The lowest BCUT2D eigenvalue weighted by Crippen LogP contribution is -2.37. The average Bonchev–Trinajstić information content (AvgIpc) is 2.75. The maximum atomic E-state index is 13.6. The number of ether oxygens (including phenoxy) is 3. The van der Waals surface area contributed by atoms with Crippen molar-refractivity contribution >= 4 is 11.6 Å². The number of Topliss-reactive ketones (excluding diaryl/α,β-unsaturated/α-hetero) is 2. The van der Waals surface area contributed by atoms with Crippen LogP contribution in [0.3, 0.4) is 0 Å². The first-order chi connectivity index (χ1) is 17.0. The molecule has 0 fully saturated rings. The van der Waals surface area contributed by atoms with Gasteiger partial charge >= 0.3 is 0 Å². The van der Waals surface area contributed by atoms with Crippen molar-refractivity contribution in [1.29, 1.82) is 0 Å². The van der Waals surface area contributed by atoms with Crippen LogP contribution >= 0.6 is 0 Å². The van der Waals surface area contributed by atoms with Gasteiger partial charge in [-0.25, -0.2) is 0 Å². The van der Waals surface area contributed by atoms with Gasteiger partial charge in [0.15, 0.2) is 23.1 Å². The van der Waals surface area contributed by atoms with Gasteiger partial charge in [-0.3, -0.25) is 9.59 Å². The van der Waals surface area contributed by atoms with E-state index in [2.05, 4.69) is 40.9 Å². The van der Waals surface area contributed by atoms with E-state index in [0.717, 1.165) is 11.1 Å². The van der Waals surface area contributed by atoms with E-state index in [9.17, 15) is 9.59 Å². The molecule has 192 valence electrons.